The average molecular weight is 295 g/mol. The zero-order chi connectivity index (χ0) is 14.9. The number of halogens is 1. The number of anilines is 1. The Morgan fingerprint density at radius 2 is 2.14 bits per heavy atom. The Kier molecular flexibility index (Phi) is 6.59. The van der Waals surface area contributed by atoms with Crippen molar-refractivity contribution in [2.45, 2.75) is 6.42 Å². The first-order valence-corrected chi connectivity index (χ1v) is 7.30. The highest BCUT2D eigenvalue weighted by Crippen LogP contribution is 2.08. The highest BCUT2D eigenvalue weighted by Gasteiger charge is 2.09. The number of hydrogen-bond donors (Lipinski definition) is 2. The molecule has 0 aliphatic carbocycles. The number of benzene rings is 1. The maximum atomic E-state index is 13.0. The standard InChI is InChI=1S/C15H22FN3O2/c16-13-3-1-4-14(11-13)18-15(20)12-17-5-2-6-19-7-9-21-10-8-19/h1,3-4,11,17H,2,5-10,12H2,(H,18,20). The number of amides is 1. The zero-order valence-corrected chi connectivity index (χ0v) is 12.1. The number of carbonyl (C=O) groups excluding carboxylic acids is 1. The Balaban J connectivity index is 1.54. The molecule has 1 saturated heterocycles. The van der Waals surface area contributed by atoms with Gasteiger partial charge < -0.3 is 15.4 Å². The molecule has 1 fully saturated rings. The molecule has 1 heterocycles. The van der Waals surface area contributed by atoms with Crippen LogP contribution < -0.4 is 10.6 Å². The molecule has 0 aromatic heterocycles. The number of rotatable bonds is 7. The van der Waals surface area contributed by atoms with E-state index >= 15 is 0 Å². The van der Waals surface area contributed by atoms with Crippen LogP contribution in [0, 0.1) is 5.82 Å². The van der Waals surface area contributed by atoms with Gasteiger partial charge in [-0.2, -0.15) is 0 Å². The van der Waals surface area contributed by atoms with Gasteiger partial charge in [0.2, 0.25) is 5.91 Å². The molecule has 6 heteroatoms. The second kappa shape index (κ2) is 8.71. The van der Waals surface area contributed by atoms with Crippen LogP contribution in [0.15, 0.2) is 24.3 Å². The molecule has 0 spiro atoms. The predicted octanol–water partition coefficient (Wildman–Crippen LogP) is 1.08. The van der Waals surface area contributed by atoms with Crippen molar-refractivity contribution in [3.05, 3.63) is 30.1 Å². The van der Waals surface area contributed by atoms with Gasteiger partial charge in [0.1, 0.15) is 5.82 Å². The molecule has 1 aliphatic heterocycles. The van der Waals surface area contributed by atoms with Gasteiger partial charge in [-0.25, -0.2) is 4.39 Å². The molecule has 21 heavy (non-hydrogen) atoms. The van der Waals surface area contributed by atoms with E-state index in [9.17, 15) is 9.18 Å². The van der Waals surface area contributed by atoms with Crippen molar-refractivity contribution < 1.29 is 13.9 Å². The fourth-order valence-corrected chi connectivity index (χ4v) is 2.23. The topological polar surface area (TPSA) is 53.6 Å². The lowest BCUT2D eigenvalue weighted by molar-refractivity contribution is -0.115. The van der Waals surface area contributed by atoms with Gasteiger partial charge in [0.25, 0.3) is 0 Å². The Morgan fingerprint density at radius 3 is 2.90 bits per heavy atom. The molecule has 0 atom stereocenters. The molecular formula is C15H22FN3O2. The number of carbonyl (C=O) groups is 1. The molecule has 2 rings (SSSR count). The van der Waals surface area contributed by atoms with E-state index in [1.54, 1.807) is 12.1 Å². The van der Waals surface area contributed by atoms with Gasteiger partial charge in [-0.05, 0) is 37.7 Å². The molecule has 1 aliphatic rings. The van der Waals surface area contributed by atoms with Gasteiger partial charge in [0, 0.05) is 18.8 Å². The van der Waals surface area contributed by atoms with E-state index in [4.69, 9.17) is 4.74 Å². The zero-order valence-electron chi connectivity index (χ0n) is 12.1. The molecule has 0 bridgehead atoms. The Hall–Kier alpha value is -1.50. The lowest BCUT2D eigenvalue weighted by Crippen LogP contribution is -2.38. The fourth-order valence-electron chi connectivity index (χ4n) is 2.23. The molecule has 1 aromatic rings. The third-order valence-corrected chi connectivity index (χ3v) is 3.33. The minimum Gasteiger partial charge on any atom is -0.379 e. The van der Waals surface area contributed by atoms with Crippen LogP contribution >= 0.6 is 0 Å². The van der Waals surface area contributed by atoms with Crippen LogP contribution in [-0.4, -0.2) is 56.7 Å². The van der Waals surface area contributed by atoms with Gasteiger partial charge in [0.15, 0.2) is 0 Å². The highest BCUT2D eigenvalue weighted by atomic mass is 19.1. The van der Waals surface area contributed by atoms with Crippen molar-refractivity contribution in [2.75, 3.05) is 51.3 Å². The summed E-state index contributed by atoms with van der Waals surface area (Å²) in [5.74, 6) is -0.516. The summed E-state index contributed by atoms with van der Waals surface area (Å²) in [5.41, 5.74) is 0.482. The van der Waals surface area contributed by atoms with Gasteiger partial charge in [0.05, 0.1) is 19.8 Å². The number of morpholine rings is 1. The first kappa shape index (κ1) is 15.9. The third kappa shape index (κ3) is 6.20. The van der Waals surface area contributed by atoms with Crippen molar-refractivity contribution in [1.29, 1.82) is 0 Å². The molecular weight excluding hydrogens is 273 g/mol. The van der Waals surface area contributed by atoms with Crippen LogP contribution in [0.5, 0.6) is 0 Å². The van der Waals surface area contributed by atoms with E-state index in [1.165, 1.54) is 12.1 Å². The van der Waals surface area contributed by atoms with Gasteiger partial charge in [-0.1, -0.05) is 6.07 Å². The number of nitrogens with zero attached hydrogens (tertiary/aromatic N) is 1. The maximum Gasteiger partial charge on any atom is 0.238 e. The number of hydrogen-bond acceptors (Lipinski definition) is 4. The SMILES string of the molecule is O=C(CNCCCN1CCOCC1)Nc1cccc(F)c1. The molecule has 1 amide bonds. The van der Waals surface area contributed by atoms with Gasteiger partial charge >= 0.3 is 0 Å². The summed E-state index contributed by atoms with van der Waals surface area (Å²) in [5, 5.41) is 5.75. The molecule has 2 N–H and O–H groups in total. The molecule has 0 saturated carbocycles. The van der Waals surface area contributed by atoms with Crippen molar-refractivity contribution in [1.82, 2.24) is 10.2 Å². The monoisotopic (exact) mass is 295 g/mol. The van der Waals surface area contributed by atoms with E-state index in [0.717, 1.165) is 45.8 Å². The summed E-state index contributed by atoms with van der Waals surface area (Å²) in [4.78, 5) is 14.0. The van der Waals surface area contributed by atoms with Crippen LogP contribution in [-0.2, 0) is 9.53 Å². The predicted molar refractivity (Wildman–Crippen MR) is 79.8 cm³/mol. The first-order valence-electron chi connectivity index (χ1n) is 7.30. The van der Waals surface area contributed by atoms with Crippen molar-refractivity contribution >= 4 is 11.6 Å². The summed E-state index contributed by atoms with van der Waals surface area (Å²) < 4.78 is 18.3. The van der Waals surface area contributed by atoms with E-state index < -0.39 is 0 Å². The smallest absolute Gasteiger partial charge is 0.238 e. The Bertz CT molecular complexity index is 450. The normalized spacial score (nSPS) is 15.9. The van der Waals surface area contributed by atoms with E-state index in [0.29, 0.717) is 5.69 Å². The minimum absolute atomic E-state index is 0.160. The quantitative estimate of drug-likeness (QED) is 0.739. The first-order chi connectivity index (χ1) is 10.2. The lowest BCUT2D eigenvalue weighted by atomic mass is 10.3. The molecule has 1 aromatic carbocycles. The molecule has 0 radical (unpaired) electrons. The second-order valence-corrected chi connectivity index (χ2v) is 5.04. The van der Waals surface area contributed by atoms with Crippen LogP contribution in [0.2, 0.25) is 0 Å². The summed E-state index contributed by atoms with van der Waals surface area (Å²) in [6.07, 6.45) is 0.993. The van der Waals surface area contributed by atoms with Crippen LogP contribution in [0.4, 0.5) is 10.1 Å². The van der Waals surface area contributed by atoms with Crippen molar-refractivity contribution in [2.24, 2.45) is 0 Å². The van der Waals surface area contributed by atoms with Crippen LogP contribution in [0.3, 0.4) is 0 Å². The summed E-state index contributed by atoms with van der Waals surface area (Å²) in [6, 6.07) is 5.88. The fraction of sp³-hybridized carbons (Fsp3) is 0.533. The van der Waals surface area contributed by atoms with Crippen molar-refractivity contribution in [3.63, 3.8) is 0 Å². The third-order valence-electron chi connectivity index (χ3n) is 3.33. The molecule has 5 nitrogen and oxygen atoms in total. The summed E-state index contributed by atoms with van der Waals surface area (Å²) in [6.45, 7) is 5.63. The minimum atomic E-state index is -0.355. The van der Waals surface area contributed by atoms with E-state index in [1.807, 2.05) is 0 Å². The average Bonchev–Trinajstić information content (AvgIpc) is 2.48. The molecule has 0 unspecified atom stereocenters. The van der Waals surface area contributed by atoms with Crippen molar-refractivity contribution in [3.8, 4) is 0 Å². The number of nitrogens with one attached hydrogen (secondary N) is 2. The maximum absolute atomic E-state index is 13.0. The Labute approximate surface area is 124 Å². The van der Waals surface area contributed by atoms with Crippen LogP contribution in [0.25, 0.3) is 0 Å². The second-order valence-electron chi connectivity index (χ2n) is 5.04. The largest absolute Gasteiger partial charge is 0.379 e. The summed E-state index contributed by atoms with van der Waals surface area (Å²) >= 11 is 0. The van der Waals surface area contributed by atoms with E-state index in [2.05, 4.69) is 15.5 Å². The van der Waals surface area contributed by atoms with Gasteiger partial charge in [-0.15, -0.1) is 0 Å². The summed E-state index contributed by atoms with van der Waals surface area (Å²) in [7, 11) is 0. The Morgan fingerprint density at radius 1 is 1.33 bits per heavy atom. The van der Waals surface area contributed by atoms with Gasteiger partial charge in [-0.3, -0.25) is 9.69 Å². The number of ether oxygens (including phenoxy) is 1. The highest BCUT2D eigenvalue weighted by molar-refractivity contribution is 5.92. The van der Waals surface area contributed by atoms with E-state index in [-0.39, 0.29) is 18.3 Å². The van der Waals surface area contributed by atoms with Crippen LogP contribution in [0.1, 0.15) is 6.42 Å². The molecule has 116 valence electrons. The lowest BCUT2D eigenvalue weighted by Gasteiger charge is -2.26.